The van der Waals surface area contributed by atoms with Gasteiger partial charge in [0.05, 0.1) is 0 Å². The van der Waals surface area contributed by atoms with Crippen LogP contribution >= 0.6 is 11.8 Å². The van der Waals surface area contributed by atoms with Crippen LogP contribution in [-0.4, -0.2) is 64.6 Å². The van der Waals surface area contributed by atoms with Crippen molar-refractivity contribution in [1.82, 2.24) is 4.90 Å². The number of fused-ring (bicyclic) bond motifs is 1. The predicted octanol–water partition coefficient (Wildman–Crippen LogP) is 5.82. The smallest absolute Gasteiger partial charge is 0.356 e. The number of β-lactam (4-membered cyclic amide) rings is 1. The van der Waals surface area contributed by atoms with Gasteiger partial charge in [-0.25, -0.2) is 9.79 Å². The maximum Gasteiger partial charge on any atom is 0.356 e. The number of esters is 2. The Kier molecular flexibility index (Phi) is 9.42. The summed E-state index contributed by atoms with van der Waals surface area (Å²) in [7, 11) is 1.41. The van der Waals surface area contributed by atoms with Crippen molar-refractivity contribution in [3.8, 4) is 5.75 Å². The Bertz CT molecular complexity index is 1660. The number of carbonyl (C=O) groups is 3. The summed E-state index contributed by atoms with van der Waals surface area (Å²) < 4.78 is 17.2. The Morgan fingerprint density at radius 2 is 1.70 bits per heavy atom. The molecule has 3 aromatic rings. The van der Waals surface area contributed by atoms with Gasteiger partial charge < -0.3 is 19.3 Å². The van der Waals surface area contributed by atoms with Gasteiger partial charge in [-0.2, -0.15) is 0 Å². The van der Waals surface area contributed by atoms with Crippen LogP contribution in [0.2, 0.25) is 0 Å². The van der Waals surface area contributed by atoms with Crippen molar-refractivity contribution in [2.75, 3.05) is 19.5 Å². The fraction of sp³-hybridized carbons (Fsp3) is 0.333. The Hall–Kier alpha value is -4.41. The molecule has 0 bridgehead atoms. The zero-order chi connectivity index (χ0) is 33.2. The van der Waals surface area contributed by atoms with E-state index < -0.39 is 35.0 Å². The van der Waals surface area contributed by atoms with Crippen molar-refractivity contribution in [2.45, 2.75) is 57.2 Å². The van der Waals surface area contributed by atoms with E-state index in [4.69, 9.17) is 14.2 Å². The standard InChI is InChI=1S/C36H38N2O7S/c1-22-17-24(18-28(30(22)40)35(3,4)5)19-37-36(43-6)33(42)38-29(27(20-44-23(2)39)21-46-34(36)38)32(41)45-31(25-13-9-7-10-14-25)26-15-11-8-12-16-26/h7-19,31,34,40H,20-21H2,1-6H3/t34-,36+/m1/s1. The normalized spacial score (nSPS) is 19.7. The number of aliphatic imine (C=N–C) groups is 1. The molecule has 5 rings (SSSR count). The molecule has 0 radical (unpaired) electrons. The number of phenols is 1. The number of carbonyl (C=O) groups excluding carboxylic acids is 3. The summed E-state index contributed by atoms with van der Waals surface area (Å²) in [5.74, 6) is -1.28. The highest BCUT2D eigenvalue weighted by molar-refractivity contribution is 8.00. The number of benzene rings is 3. The first-order valence-electron chi connectivity index (χ1n) is 14.9. The van der Waals surface area contributed by atoms with Crippen LogP contribution in [0.5, 0.6) is 5.75 Å². The molecule has 3 aromatic carbocycles. The molecule has 46 heavy (non-hydrogen) atoms. The maximum absolute atomic E-state index is 14.1. The van der Waals surface area contributed by atoms with Gasteiger partial charge >= 0.3 is 11.9 Å². The van der Waals surface area contributed by atoms with Crippen molar-refractivity contribution < 1.29 is 33.7 Å². The second kappa shape index (κ2) is 13.1. The van der Waals surface area contributed by atoms with E-state index in [2.05, 4.69) is 4.99 Å². The number of hydrogen-bond donors (Lipinski definition) is 1. The minimum absolute atomic E-state index is 0.0187. The largest absolute Gasteiger partial charge is 0.507 e. The van der Waals surface area contributed by atoms with Crippen molar-refractivity contribution in [3.05, 3.63) is 112 Å². The quantitative estimate of drug-likeness (QED) is 0.176. The maximum atomic E-state index is 14.1. The molecule has 10 heteroatoms. The third-order valence-electron chi connectivity index (χ3n) is 8.01. The first-order valence-corrected chi connectivity index (χ1v) is 16.0. The molecule has 9 nitrogen and oxygen atoms in total. The summed E-state index contributed by atoms with van der Waals surface area (Å²) in [6.45, 7) is 8.94. The van der Waals surface area contributed by atoms with E-state index in [0.29, 0.717) is 16.7 Å². The second-order valence-corrected chi connectivity index (χ2v) is 13.4. The predicted molar refractivity (Wildman–Crippen MR) is 176 cm³/mol. The fourth-order valence-electron chi connectivity index (χ4n) is 5.59. The lowest BCUT2D eigenvalue weighted by atomic mass is 9.84. The molecule has 0 unspecified atom stereocenters. The summed E-state index contributed by atoms with van der Waals surface area (Å²) in [5.41, 5.74) is 2.20. The van der Waals surface area contributed by atoms with Crippen LogP contribution in [0.1, 0.15) is 61.6 Å². The Morgan fingerprint density at radius 3 is 2.24 bits per heavy atom. The third kappa shape index (κ3) is 6.32. The van der Waals surface area contributed by atoms with Crippen LogP contribution < -0.4 is 0 Å². The molecule has 0 aromatic heterocycles. The number of hydrogen-bond acceptors (Lipinski definition) is 9. The fourth-order valence-corrected chi connectivity index (χ4v) is 7.00. The van der Waals surface area contributed by atoms with Gasteiger partial charge in [0, 0.05) is 37.1 Å². The highest BCUT2D eigenvalue weighted by Crippen LogP contribution is 2.49. The van der Waals surface area contributed by atoms with E-state index in [1.54, 1.807) is 12.3 Å². The molecule has 1 N–H and O–H groups in total. The lowest BCUT2D eigenvalue weighted by Gasteiger charge is -2.54. The number of ether oxygens (including phenoxy) is 3. The number of rotatable bonds is 9. The zero-order valence-electron chi connectivity index (χ0n) is 26.8. The highest BCUT2D eigenvalue weighted by Gasteiger charge is 2.66. The number of phenolic OH excluding ortho intramolecular Hbond substituents is 1. The minimum atomic E-state index is -1.60. The molecule has 0 aliphatic carbocycles. The van der Waals surface area contributed by atoms with Gasteiger partial charge in [-0.05, 0) is 46.7 Å². The van der Waals surface area contributed by atoms with Gasteiger partial charge in [-0.15, -0.1) is 11.8 Å². The summed E-state index contributed by atoms with van der Waals surface area (Å²) in [6.07, 6.45) is 0.819. The average Bonchev–Trinajstić information content (AvgIpc) is 3.04. The first kappa shape index (κ1) is 33.0. The first-order chi connectivity index (χ1) is 21.9. The number of aromatic hydroxyl groups is 1. The molecule has 2 atom stereocenters. The van der Waals surface area contributed by atoms with E-state index in [-0.39, 0.29) is 29.2 Å². The van der Waals surface area contributed by atoms with Crippen LogP contribution in [-0.2, 0) is 34.0 Å². The van der Waals surface area contributed by atoms with E-state index in [1.807, 2.05) is 94.4 Å². The summed E-state index contributed by atoms with van der Waals surface area (Å²) in [4.78, 5) is 45.9. The monoisotopic (exact) mass is 642 g/mol. The molecule has 1 amide bonds. The summed E-state index contributed by atoms with van der Waals surface area (Å²) >= 11 is 1.36. The molecular formula is C36H38N2O7S. The number of amides is 1. The lowest BCUT2D eigenvalue weighted by Crippen LogP contribution is -2.73. The second-order valence-electron chi connectivity index (χ2n) is 12.3. The van der Waals surface area contributed by atoms with Crippen molar-refractivity contribution in [1.29, 1.82) is 0 Å². The molecule has 1 fully saturated rings. The van der Waals surface area contributed by atoms with Gasteiger partial charge in [-0.1, -0.05) is 81.4 Å². The van der Waals surface area contributed by atoms with Gasteiger partial charge in [0.1, 0.15) is 23.4 Å². The third-order valence-corrected chi connectivity index (χ3v) is 9.37. The molecule has 1 saturated heterocycles. The van der Waals surface area contributed by atoms with Crippen LogP contribution in [0.4, 0.5) is 0 Å². The van der Waals surface area contributed by atoms with E-state index in [9.17, 15) is 19.5 Å². The molecule has 240 valence electrons. The van der Waals surface area contributed by atoms with Crippen LogP contribution in [0.15, 0.2) is 89.1 Å². The zero-order valence-corrected chi connectivity index (χ0v) is 27.6. The van der Waals surface area contributed by atoms with Gasteiger partial charge in [0.2, 0.25) is 0 Å². The van der Waals surface area contributed by atoms with Gasteiger partial charge in [-0.3, -0.25) is 14.5 Å². The molecule has 2 aliphatic rings. The van der Waals surface area contributed by atoms with Crippen LogP contribution in [0.25, 0.3) is 0 Å². The Morgan fingerprint density at radius 1 is 1.09 bits per heavy atom. The molecule has 0 spiro atoms. The number of nitrogens with zero attached hydrogens (tertiary/aromatic N) is 2. The minimum Gasteiger partial charge on any atom is -0.507 e. The van der Waals surface area contributed by atoms with Crippen molar-refractivity contribution >= 4 is 35.8 Å². The van der Waals surface area contributed by atoms with Crippen molar-refractivity contribution in [3.63, 3.8) is 0 Å². The molecular weight excluding hydrogens is 604 g/mol. The van der Waals surface area contributed by atoms with Crippen molar-refractivity contribution in [2.24, 2.45) is 4.99 Å². The molecule has 2 heterocycles. The van der Waals surface area contributed by atoms with E-state index in [0.717, 1.165) is 16.7 Å². The molecule has 0 saturated carbocycles. The average molecular weight is 643 g/mol. The summed E-state index contributed by atoms with van der Waals surface area (Å²) in [5, 5.41) is 9.98. The topological polar surface area (TPSA) is 115 Å². The van der Waals surface area contributed by atoms with Crippen LogP contribution in [0, 0.1) is 6.92 Å². The summed E-state index contributed by atoms with van der Waals surface area (Å²) in [6, 6.07) is 22.3. The Balaban J connectivity index is 1.50. The highest BCUT2D eigenvalue weighted by atomic mass is 32.2. The lowest BCUT2D eigenvalue weighted by molar-refractivity contribution is -0.183. The Labute approximate surface area is 273 Å². The van der Waals surface area contributed by atoms with E-state index >= 15 is 0 Å². The SMILES string of the molecule is CO[C@@]1(N=Cc2cc(C)c(O)c(C(C)(C)C)c2)C(=O)N2C(C(=O)OC(c3ccccc3)c3ccccc3)=C(COC(C)=O)CS[C@@H]21. The van der Waals surface area contributed by atoms with Gasteiger partial charge in [0.15, 0.2) is 6.10 Å². The molecule has 2 aliphatic heterocycles. The number of methoxy groups -OCH3 is 1. The van der Waals surface area contributed by atoms with Crippen LogP contribution in [0.3, 0.4) is 0 Å². The number of aryl methyl sites for hydroxylation is 1. The number of thioether (sulfide) groups is 1. The van der Waals surface area contributed by atoms with E-state index in [1.165, 1.54) is 30.7 Å². The van der Waals surface area contributed by atoms with Gasteiger partial charge in [0.25, 0.3) is 11.6 Å².